The first-order valence-corrected chi connectivity index (χ1v) is 7.27. The van der Waals surface area contributed by atoms with E-state index in [0.717, 1.165) is 11.5 Å². The fourth-order valence-corrected chi connectivity index (χ4v) is 2.35. The zero-order valence-corrected chi connectivity index (χ0v) is 13.4. The van der Waals surface area contributed by atoms with E-state index in [1.807, 2.05) is 20.8 Å². The first-order valence-electron chi connectivity index (χ1n) is 6.50. The van der Waals surface area contributed by atoms with Crippen LogP contribution in [0.3, 0.4) is 0 Å². The molecular formula is C14H15N3O4S. The Morgan fingerprint density at radius 1 is 1.36 bits per heavy atom. The molecule has 0 bridgehead atoms. The maximum atomic E-state index is 11.3. The Morgan fingerprint density at radius 3 is 2.55 bits per heavy atom. The lowest BCUT2D eigenvalue weighted by Crippen LogP contribution is -2.12. The van der Waals surface area contributed by atoms with Crippen molar-refractivity contribution in [3.05, 3.63) is 39.7 Å². The molecule has 1 heterocycles. The number of rotatable bonds is 4. The van der Waals surface area contributed by atoms with E-state index in [0.29, 0.717) is 5.82 Å². The standard InChI is InChI=1S/C14H15N3O4S/c1-8(18)9-5-6-11(10(7-9)17(19)20)21-13-15-12(16-22-13)14(2,3)4/h5-7H,1-4H3. The number of ketones is 1. The molecule has 8 heteroatoms. The van der Waals surface area contributed by atoms with Crippen molar-refractivity contribution in [1.29, 1.82) is 0 Å². The van der Waals surface area contributed by atoms with Crippen LogP contribution in [0, 0.1) is 10.1 Å². The predicted molar refractivity (Wildman–Crippen MR) is 81.8 cm³/mol. The van der Waals surface area contributed by atoms with Gasteiger partial charge >= 0.3 is 5.69 Å². The molecule has 0 saturated heterocycles. The summed E-state index contributed by atoms with van der Waals surface area (Å²) >= 11 is 1.03. The van der Waals surface area contributed by atoms with Gasteiger partial charge in [0, 0.05) is 28.6 Å². The van der Waals surface area contributed by atoms with Crippen LogP contribution in [0.5, 0.6) is 10.9 Å². The van der Waals surface area contributed by atoms with Gasteiger partial charge in [0.2, 0.25) is 5.75 Å². The van der Waals surface area contributed by atoms with E-state index in [1.165, 1.54) is 25.1 Å². The average molecular weight is 321 g/mol. The largest absolute Gasteiger partial charge is 0.422 e. The predicted octanol–water partition coefficient (Wildman–Crippen LogP) is 3.74. The minimum absolute atomic E-state index is 0.0339. The van der Waals surface area contributed by atoms with Crippen LogP contribution in [0.2, 0.25) is 0 Å². The van der Waals surface area contributed by atoms with Gasteiger partial charge < -0.3 is 4.74 Å². The molecule has 1 aromatic carbocycles. The van der Waals surface area contributed by atoms with Crippen LogP contribution in [0.25, 0.3) is 0 Å². The van der Waals surface area contributed by atoms with E-state index in [4.69, 9.17) is 4.74 Å². The van der Waals surface area contributed by atoms with Crippen LogP contribution in [0.1, 0.15) is 43.9 Å². The van der Waals surface area contributed by atoms with Crippen LogP contribution in [0.15, 0.2) is 18.2 Å². The Kier molecular flexibility index (Phi) is 4.23. The number of ether oxygens (including phenoxy) is 1. The summed E-state index contributed by atoms with van der Waals surface area (Å²) in [6, 6.07) is 4.08. The first kappa shape index (κ1) is 16.0. The van der Waals surface area contributed by atoms with Gasteiger partial charge in [0.1, 0.15) is 0 Å². The Bertz CT molecular complexity index is 734. The van der Waals surface area contributed by atoms with Crippen molar-refractivity contribution in [3.63, 3.8) is 0 Å². The number of nitro groups is 1. The number of benzene rings is 1. The van der Waals surface area contributed by atoms with E-state index in [1.54, 1.807) is 0 Å². The SMILES string of the molecule is CC(=O)c1ccc(Oc2nc(C(C)(C)C)ns2)c([N+](=O)[O-])c1. The summed E-state index contributed by atoms with van der Waals surface area (Å²) in [6.07, 6.45) is 0. The average Bonchev–Trinajstić information content (AvgIpc) is 2.87. The minimum Gasteiger partial charge on any atom is -0.422 e. The third kappa shape index (κ3) is 3.45. The van der Waals surface area contributed by atoms with E-state index in [-0.39, 0.29) is 33.4 Å². The van der Waals surface area contributed by atoms with E-state index in [9.17, 15) is 14.9 Å². The number of nitrogens with zero attached hydrogens (tertiary/aromatic N) is 3. The Balaban J connectivity index is 2.35. The minimum atomic E-state index is -0.590. The smallest absolute Gasteiger partial charge is 0.312 e. The van der Waals surface area contributed by atoms with Gasteiger partial charge in [-0.05, 0) is 19.1 Å². The molecule has 0 aliphatic rings. The molecule has 1 aromatic heterocycles. The second-order valence-corrected chi connectivity index (χ2v) is 6.45. The van der Waals surface area contributed by atoms with Crippen molar-refractivity contribution in [2.75, 3.05) is 0 Å². The third-order valence-corrected chi connectivity index (χ3v) is 3.43. The van der Waals surface area contributed by atoms with Gasteiger partial charge in [-0.3, -0.25) is 14.9 Å². The van der Waals surface area contributed by atoms with E-state index in [2.05, 4.69) is 9.36 Å². The normalized spacial score (nSPS) is 11.3. The second kappa shape index (κ2) is 5.80. The molecule has 0 saturated carbocycles. The van der Waals surface area contributed by atoms with E-state index < -0.39 is 4.92 Å². The summed E-state index contributed by atoms with van der Waals surface area (Å²) in [5.41, 5.74) is -0.255. The molecule has 0 atom stereocenters. The molecule has 0 aliphatic carbocycles. The molecule has 22 heavy (non-hydrogen) atoms. The van der Waals surface area contributed by atoms with Gasteiger partial charge in [0.05, 0.1) is 4.92 Å². The quantitative estimate of drug-likeness (QED) is 0.483. The van der Waals surface area contributed by atoms with Gasteiger partial charge in [-0.25, -0.2) is 0 Å². The zero-order valence-electron chi connectivity index (χ0n) is 12.6. The molecule has 0 amide bonds. The molecule has 0 N–H and O–H groups in total. The highest BCUT2D eigenvalue weighted by Crippen LogP contribution is 2.34. The monoisotopic (exact) mass is 321 g/mol. The number of nitro benzene ring substituents is 1. The number of Topliss-reactive ketones (excluding diaryl/α,β-unsaturated/α-hetero) is 1. The molecule has 2 aromatic rings. The second-order valence-electron chi connectivity index (χ2n) is 5.73. The Labute approximate surface area is 131 Å². The zero-order chi connectivity index (χ0) is 16.5. The van der Waals surface area contributed by atoms with Crippen LogP contribution in [-0.4, -0.2) is 20.1 Å². The fourth-order valence-electron chi connectivity index (χ4n) is 1.62. The molecule has 0 unspecified atom stereocenters. The molecule has 7 nitrogen and oxygen atoms in total. The molecular weight excluding hydrogens is 306 g/mol. The maximum Gasteiger partial charge on any atom is 0.312 e. The summed E-state index contributed by atoms with van der Waals surface area (Å²) < 4.78 is 9.66. The van der Waals surface area contributed by atoms with Crippen molar-refractivity contribution in [3.8, 4) is 10.9 Å². The summed E-state index contributed by atoms with van der Waals surface area (Å²) in [6.45, 7) is 7.23. The van der Waals surface area contributed by atoms with Crippen LogP contribution in [-0.2, 0) is 5.41 Å². The van der Waals surface area contributed by atoms with Crippen molar-refractivity contribution >= 4 is 23.0 Å². The van der Waals surface area contributed by atoms with Gasteiger partial charge in [0.15, 0.2) is 11.6 Å². The lowest BCUT2D eigenvalue weighted by atomic mass is 9.96. The summed E-state index contributed by atoms with van der Waals surface area (Å²) in [5.74, 6) is 0.391. The van der Waals surface area contributed by atoms with Crippen LogP contribution in [0.4, 0.5) is 5.69 Å². The number of hydrogen-bond donors (Lipinski definition) is 0. The number of hydrogen-bond acceptors (Lipinski definition) is 7. The Hall–Kier alpha value is -2.35. The van der Waals surface area contributed by atoms with Crippen molar-refractivity contribution < 1.29 is 14.5 Å². The van der Waals surface area contributed by atoms with Gasteiger partial charge in [0.25, 0.3) is 5.19 Å². The summed E-state index contributed by atoms with van der Waals surface area (Å²) in [4.78, 5) is 26.1. The lowest BCUT2D eigenvalue weighted by molar-refractivity contribution is -0.385. The number of aromatic nitrogens is 2. The molecule has 0 aliphatic heterocycles. The van der Waals surface area contributed by atoms with Gasteiger partial charge in [-0.2, -0.15) is 9.36 Å². The fraction of sp³-hybridized carbons (Fsp3) is 0.357. The molecule has 0 radical (unpaired) electrons. The number of carbonyl (C=O) groups excluding carboxylic acids is 1. The van der Waals surface area contributed by atoms with Crippen molar-refractivity contribution in [1.82, 2.24) is 9.36 Å². The van der Waals surface area contributed by atoms with Crippen molar-refractivity contribution in [2.45, 2.75) is 33.1 Å². The van der Waals surface area contributed by atoms with Crippen LogP contribution < -0.4 is 4.74 Å². The van der Waals surface area contributed by atoms with Gasteiger partial charge in [-0.1, -0.05) is 20.8 Å². The summed E-state index contributed by atoms with van der Waals surface area (Å²) in [5, 5.41) is 11.4. The van der Waals surface area contributed by atoms with E-state index >= 15 is 0 Å². The number of carbonyl (C=O) groups is 1. The Morgan fingerprint density at radius 2 is 2.05 bits per heavy atom. The summed E-state index contributed by atoms with van der Waals surface area (Å²) in [7, 11) is 0. The highest BCUT2D eigenvalue weighted by atomic mass is 32.1. The molecule has 0 spiro atoms. The van der Waals surface area contributed by atoms with Crippen LogP contribution >= 0.6 is 11.5 Å². The highest BCUT2D eigenvalue weighted by molar-refractivity contribution is 7.07. The topological polar surface area (TPSA) is 95.2 Å². The maximum absolute atomic E-state index is 11.3. The van der Waals surface area contributed by atoms with Gasteiger partial charge in [-0.15, -0.1) is 0 Å². The first-order chi connectivity index (χ1) is 10.2. The molecule has 2 rings (SSSR count). The highest BCUT2D eigenvalue weighted by Gasteiger charge is 2.23. The third-order valence-electron chi connectivity index (χ3n) is 2.84. The molecule has 0 fully saturated rings. The lowest BCUT2D eigenvalue weighted by Gasteiger charge is -2.12. The molecule has 116 valence electrons. The van der Waals surface area contributed by atoms with Crippen molar-refractivity contribution in [2.24, 2.45) is 0 Å².